The van der Waals surface area contributed by atoms with Crippen LogP contribution >= 0.6 is 0 Å². The average molecular weight is 281 g/mol. The molecule has 1 atom stereocenters. The summed E-state index contributed by atoms with van der Waals surface area (Å²) in [6.45, 7) is 6.72. The largest absolute Gasteiger partial charge is 0.313 e. The summed E-state index contributed by atoms with van der Waals surface area (Å²) in [6.07, 6.45) is 4.15. The fourth-order valence-corrected chi connectivity index (χ4v) is 3.15. The SMILES string of the molecule is CNC1CC(C)(C)Cc2nc(-c3ccc(C)cc3)ncc21. The van der Waals surface area contributed by atoms with E-state index in [2.05, 4.69) is 55.3 Å². The van der Waals surface area contributed by atoms with Crippen LogP contribution in [-0.4, -0.2) is 17.0 Å². The molecule has 3 rings (SSSR count). The maximum atomic E-state index is 4.86. The van der Waals surface area contributed by atoms with Gasteiger partial charge in [0.2, 0.25) is 0 Å². The number of nitrogens with one attached hydrogen (secondary N) is 1. The summed E-state index contributed by atoms with van der Waals surface area (Å²) in [5.74, 6) is 0.835. The van der Waals surface area contributed by atoms with Crippen LogP contribution in [0.2, 0.25) is 0 Å². The number of benzene rings is 1. The van der Waals surface area contributed by atoms with Crippen LogP contribution in [0.4, 0.5) is 0 Å². The quantitative estimate of drug-likeness (QED) is 0.912. The number of aromatic nitrogens is 2. The monoisotopic (exact) mass is 281 g/mol. The normalized spacial score (nSPS) is 20.1. The fraction of sp³-hybridized carbons (Fsp3) is 0.444. The van der Waals surface area contributed by atoms with Crippen molar-refractivity contribution >= 4 is 0 Å². The van der Waals surface area contributed by atoms with Crippen LogP contribution in [0.3, 0.4) is 0 Å². The summed E-state index contributed by atoms with van der Waals surface area (Å²) in [5, 5.41) is 3.40. The lowest BCUT2D eigenvalue weighted by Gasteiger charge is -2.36. The molecule has 0 saturated carbocycles. The van der Waals surface area contributed by atoms with Gasteiger partial charge < -0.3 is 5.32 Å². The van der Waals surface area contributed by atoms with E-state index in [-0.39, 0.29) is 5.41 Å². The topological polar surface area (TPSA) is 37.8 Å². The second kappa shape index (κ2) is 5.23. The van der Waals surface area contributed by atoms with Gasteiger partial charge in [0.1, 0.15) is 0 Å². The van der Waals surface area contributed by atoms with Crippen molar-refractivity contribution in [1.29, 1.82) is 0 Å². The molecule has 1 aliphatic carbocycles. The maximum absolute atomic E-state index is 4.86. The number of nitrogens with zero attached hydrogens (tertiary/aromatic N) is 2. The Bertz CT molecular complexity index is 644. The van der Waals surface area contributed by atoms with Crippen molar-refractivity contribution in [2.75, 3.05) is 7.05 Å². The smallest absolute Gasteiger partial charge is 0.159 e. The van der Waals surface area contributed by atoms with Crippen molar-refractivity contribution in [3.05, 3.63) is 47.3 Å². The molecule has 0 saturated heterocycles. The highest BCUT2D eigenvalue weighted by molar-refractivity contribution is 5.55. The minimum Gasteiger partial charge on any atom is -0.313 e. The van der Waals surface area contributed by atoms with Crippen molar-refractivity contribution in [3.63, 3.8) is 0 Å². The Morgan fingerprint density at radius 2 is 1.90 bits per heavy atom. The molecule has 0 amide bonds. The number of rotatable bonds is 2. The molecule has 0 spiro atoms. The van der Waals surface area contributed by atoms with E-state index in [9.17, 15) is 0 Å². The first-order valence-electron chi connectivity index (χ1n) is 7.59. The second-order valence-corrected chi connectivity index (χ2v) is 6.85. The average Bonchev–Trinajstić information content (AvgIpc) is 2.45. The highest BCUT2D eigenvalue weighted by Gasteiger charge is 2.32. The Labute approximate surface area is 126 Å². The van der Waals surface area contributed by atoms with Crippen molar-refractivity contribution in [3.8, 4) is 11.4 Å². The van der Waals surface area contributed by atoms with Gasteiger partial charge in [-0.1, -0.05) is 43.7 Å². The Balaban J connectivity index is 2.02. The van der Waals surface area contributed by atoms with Gasteiger partial charge in [0, 0.05) is 29.1 Å². The van der Waals surface area contributed by atoms with E-state index in [0.29, 0.717) is 6.04 Å². The molecule has 1 aliphatic rings. The Morgan fingerprint density at radius 3 is 2.57 bits per heavy atom. The molecule has 110 valence electrons. The summed E-state index contributed by atoms with van der Waals surface area (Å²) in [4.78, 5) is 9.44. The van der Waals surface area contributed by atoms with Crippen molar-refractivity contribution < 1.29 is 0 Å². The first-order chi connectivity index (χ1) is 9.98. The molecule has 0 fully saturated rings. The molecular weight excluding hydrogens is 258 g/mol. The lowest BCUT2D eigenvalue weighted by molar-refractivity contribution is 0.260. The molecule has 0 bridgehead atoms. The van der Waals surface area contributed by atoms with Gasteiger partial charge in [-0.15, -0.1) is 0 Å². The minimum absolute atomic E-state index is 0.277. The number of hydrogen-bond donors (Lipinski definition) is 1. The lowest BCUT2D eigenvalue weighted by Crippen LogP contribution is -2.32. The molecule has 1 N–H and O–H groups in total. The van der Waals surface area contributed by atoms with E-state index in [1.807, 2.05) is 13.2 Å². The molecule has 2 aromatic rings. The third kappa shape index (κ3) is 2.84. The first-order valence-corrected chi connectivity index (χ1v) is 7.59. The Morgan fingerprint density at radius 1 is 1.19 bits per heavy atom. The predicted molar refractivity (Wildman–Crippen MR) is 86.1 cm³/mol. The molecule has 0 aliphatic heterocycles. The van der Waals surface area contributed by atoms with Gasteiger partial charge in [0.15, 0.2) is 5.82 Å². The van der Waals surface area contributed by atoms with Crippen LogP contribution in [0.1, 0.15) is 43.1 Å². The minimum atomic E-state index is 0.277. The summed E-state index contributed by atoms with van der Waals surface area (Å²) < 4.78 is 0. The zero-order valence-corrected chi connectivity index (χ0v) is 13.3. The van der Waals surface area contributed by atoms with Crippen LogP contribution in [0.5, 0.6) is 0 Å². The molecule has 3 nitrogen and oxygen atoms in total. The van der Waals surface area contributed by atoms with E-state index in [1.165, 1.54) is 16.8 Å². The zero-order valence-electron chi connectivity index (χ0n) is 13.3. The van der Waals surface area contributed by atoms with E-state index in [0.717, 1.165) is 24.2 Å². The molecular formula is C18H23N3. The number of aryl methyl sites for hydroxylation is 1. The Kier molecular flexibility index (Phi) is 3.54. The molecule has 1 unspecified atom stereocenters. The maximum Gasteiger partial charge on any atom is 0.159 e. The molecule has 21 heavy (non-hydrogen) atoms. The van der Waals surface area contributed by atoms with E-state index >= 15 is 0 Å². The molecule has 1 aromatic carbocycles. The summed E-state index contributed by atoms with van der Waals surface area (Å²) in [6, 6.07) is 8.77. The third-order valence-electron chi connectivity index (χ3n) is 4.34. The van der Waals surface area contributed by atoms with Gasteiger partial charge in [-0.2, -0.15) is 0 Å². The van der Waals surface area contributed by atoms with E-state index in [4.69, 9.17) is 4.98 Å². The summed E-state index contributed by atoms with van der Waals surface area (Å²) >= 11 is 0. The van der Waals surface area contributed by atoms with Gasteiger partial charge >= 0.3 is 0 Å². The lowest BCUT2D eigenvalue weighted by atomic mass is 9.74. The summed E-state index contributed by atoms with van der Waals surface area (Å²) in [5.41, 5.74) is 5.07. The molecule has 3 heteroatoms. The van der Waals surface area contributed by atoms with Crippen LogP contribution < -0.4 is 5.32 Å². The third-order valence-corrected chi connectivity index (χ3v) is 4.34. The predicted octanol–water partition coefficient (Wildman–Crippen LogP) is 3.68. The highest BCUT2D eigenvalue weighted by Crippen LogP contribution is 2.39. The number of hydrogen-bond acceptors (Lipinski definition) is 3. The molecule has 0 radical (unpaired) electrons. The molecule has 1 heterocycles. The molecule has 1 aromatic heterocycles. The van der Waals surface area contributed by atoms with E-state index < -0.39 is 0 Å². The van der Waals surface area contributed by atoms with Crippen molar-refractivity contribution in [2.24, 2.45) is 5.41 Å². The van der Waals surface area contributed by atoms with Crippen LogP contribution in [0.15, 0.2) is 30.5 Å². The van der Waals surface area contributed by atoms with Gasteiger partial charge in [0.05, 0.1) is 0 Å². The highest BCUT2D eigenvalue weighted by atomic mass is 14.9. The van der Waals surface area contributed by atoms with Crippen molar-refractivity contribution in [1.82, 2.24) is 15.3 Å². The van der Waals surface area contributed by atoms with Crippen LogP contribution in [0.25, 0.3) is 11.4 Å². The van der Waals surface area contributed by atoms with Gasteiger partial charge in [0.25, 0.3) is 0 Å². The fourth-order valence-electron chi connectivity index (χ4n) is 3.15. The van der Waals surface area contributed by atoms with Gasteiger partial charge in [-0.3, -0.25) is 0 Å². The van der Waals surface area contributed by atoms with E-state index in [1.54, 1.807) is 0 Å². The summed E-state index contributed by atoms with van der Waals surface area (Å²) in [7, 11) is 2.02. The van der Waals surface area contributed by atoms with Gasteiger partial charge in [-0.25, -0.2) is 9.97 Å². The van der Waals surface area contributed by atoms with Gasteiger partial charge in [-0.05, 0) is 32.2 Å². The van der Waals surface area contributed by atoms with Crippen LogP contribution in [-0.2, 0) is 6.42 Å². The Hall–Kier alpha value is -1.74. The zero-order chi connectivity index (χ0) is 15.0. The van der Waals surface area contributed by atoms with Crippen LogP contribution in [0, 0.1) is 12.3 Å². The first kappa shape index (κ1) is 14.2. The van der Waals surface area contributed by atoms with Crippen molar-refractivity contribution in [2.45, 2.75) is 39.7 Å². The standard InChI is InChI=1S/C18H23N3/c1-12-5-7-13(8-6-12)17-20-11-14-15(19-4)9-18(2,3)10-16(14)21-17/h5-8,11,15,19H,9-10H2,1-4H3. The number of fused-ring (bicyclic) bond motifs is 1. The second-order valence-electron chi connectivity index (χ2n) is 6.85.